The lowest BCUT2D eigenvalue weighted by Gasteiger charge is -2.28. The predicted molar refractivity (Wildman–Crippen MR) is 141 cm³/mol. The Morgan fingerprint density at radius 3 is 2.74 bits per heavy atom. The van der Waals surface area contributed by atoms with Crippen LogP contribution in [0.5, 0.6) is 17.2 Å². The normalized spacial score (nSPS) is 15.9. The van der Waals surface area contributed by atoms with Crippen LogP contribution in [0.15, 0.2) is 65.4 Å². The van der Waals surface area contributed by atoms with E-state index in [0.717, 1.165) is 5.56 Å². The Kier molecular flexibility index (Phi) is 9.72. The first-order valence-electron chi connectivity index (χ1n) is 11.9. The zero-order valence-electron chi connectivity index (χ0n) is 21.5. The van der Waals surface area contributed by atoms with Gasteiger partial charge in [0.25, 0.3) is 0 Å². The average molecular weight is 525 g/mol. The molecule has 5 N–H and O–H groups in total. The molecule has 0 fully saturated rings. The number of nitrogens with zero attached hydrogens (tertiary/aromatic N) is 1. The van der Waals surface area contributed by atoms with Gasteiger partial charge in [-0.1, -0.05) is 12.1 Å². The first kappa shape index (κ1) is 28.1. The van der Waals surface area contributed by atoms with Crippen LogP contribution in [-0.4, -0.2) is 55.0 Å². The number of phenols is 1. The minimum atomic E-state index is -1.13. The molecule has 0 bridgehead atoms. The molecule has 38 heavy (non-hydrogen) atoms. The summed E-state index contributed by atoms with van der Waals surface area (Å²) in [4.78, 5) is 24.5. The number of amides is 2. The maximum atomic E-state index is 12.4. The van der Waals surface area contributed by atoms with Crippen molar-refractivity contribution in [1.29, 1.82) is 0 Å². The van der Waals surface area contributed by atoms with Crippen molar-refractivity contribution in [3.8, 4) is 17.2 Å². The topological polar surface area (TPSA) is 151 Å². The van der Waals surface area contributed by atoms with E-state index in [0.29, 0.717) is 41.4 Å². The van der Waals surface area contributed by atoms with Crippen LogP contribution in [0.1, 0.15) is 36.6 Å². The summed E-state index contributed by atoms with van der Waals surface area (Å²) in [5, 5.41) is 29.5. The van der Waals surface area contributed by atoms with E-state index in [2.05, 4.69) is 27.7 Å². The van der Waals surface area contributed by atoms with Gasteiger partial charge in [0.2, 0.25) is 0 Å². The average Bonchev–Trinajstić information content (AvgIpc) is 2.89. The van der Waals surface area contributed by atoms with Crippen LogP contribution in [0, 0.1) is 0 Å². The molecule has 2 aromatic carbocycles. The van der Waals surface area contributed by atoms with Gasteiger partial charge in [0.1, 0.15) is 12.4 Å². The van der Waals surface area contributed by atoms with Crippen molar-refractivity contribution in [2.75, 3.05) is 20.3 Å². The number of rotatable bonds is 12. The zero-order chi connectivity index (χ0) is 27.7. The van der Waals surface area contributed by atoms with Gasteiger partial charge >= 0.3 is 12.0 Å². The third-order valence-electron chi connectivity index (χ3n) is 5.58. The minimum Gasteiger partial charge on any atom is -0.508 e. The van der Waals surface area contributed by atoms with Crippen molar-refractivity contribution in [1.82, 2.24) is 16.1 Å². The number of aliphatic hydroxyl groups excluding tert-OH is 1. The van der Waals surface area contributed by atoms with E-state index in [9.17, 15) is 19.8 Å². The van der Waals surface area contributed by atoms with Crippen molar-refractivity contribution in [3.63, 3.8) is 0 Å². The number of allylic oxidation sites excluding steroid dienone is 2. The fraction of sp³-hybridized carbons (Fsp3) is 0.296. The smallest absolute Gasteiger partial charge is 0.337 e. The number of aliphatic hydroxyl groups is 1. The number of nitrogens with one attached hydrogen (secondary N) is 3. The SMILES string of the molecule is C=CCc1cc(/C=N\N[C@@H](O)COc2ccc([C@H]3NC(=O)NC(C)=C3C(=O)OC)cc2OCC)ccc1O. The first-order valence-corrected chi connectivity index (χ1v) is 11.9. The van der Waals surface area contributed by atoms with Crippen molar-refractivity contribution >= 4 is 18.2 Å². The Morgan fingerprint density at radius 1 is 1.24 bits per heavy atom. The summed E-state index contributed by atoms with van der Waals surface area (Å²) >= 11 is 0. The van der Waals surface area contributed by atoms with Crippen molar-refractivity contribution in [2.24, 2.45) is 5.10 Å². The van der Waals surface area contributed by atoms with Crippen LogP contribution in [0.2, 0.25) is 0 Å². The van der Waals surface area contributed by atoms with Crippen LogP contribution < -0.4 is 25.5 Å². The molecule has 11 nitrogen and oxygen atoms in total. The number of carbonyl (C=O) groups excluding carboxylic acids is 2. The Bertz CT molecular complexity index is 1240. The van der Waals surface area contributed by atoms with E-state index in [1.54, 1.807) is 49.4 Å². The molecule has 2 atom stereocenters. The van der Waals surface area contributed by atoms with Crippen LogP contribution in [0.3, 0.4) is 0 Å². The van der Waals surface area contributed by atoms with E-state index in [1.165, 1.54) is 13.3 Å². The molecule has 11 heteroatoms. The third kappa shape index (κ3) is 7.04. The highest BCUT2D eigenvalue weighted by Crippen LogP contribution is 2.34. The summed E-state index contributed by atoms with van der Waals surface area (Å²) in [6.07, 6.45) is 2.58. The maximum absolute atomic E-state index is 12.4. The lowest BCUT2D eigenvalue weighted by Crippen LogP contribution is -2.45. The van der Waals surface area contributed by atoms with Crippen LogP contribution in [-0.2, 0) is 16.0 Å². The number of esters is 1. The van der Waals surface area contributed by atoms with Gasteiger partial charge < -0.3 is 35.1 Å². The van der Waals surface area contributed by atoms with Gasteiger partial charge in [0.05, 0.1) is 31.5 Å². The summed E-state index contributed by atoms with van der Waals surface area (Å²) in [6, 6.07) is 8.82. The molecule has 1 heterocycles. The molecule has 202 valence electrons. The van der Waals surface area contributed by atoms with Crippen molar-refractivity contribution in [3.05, 3.63) is 77.0 Å². The molecule has 1 aliphatic heterocycles. The number of carbonyl (C=O) groups is 2. The largest absolute Gasteiger partial charge is 0.508 e. The second-order valence-corrected chi connectivity index (χ2v) is 8.30. The Morgan fingerprint density at radius 2 is 2.03 bits per heavy atom. The van der Waals surface area contributed by atoms with Gasteiger partial charge in [-0.25, -0.2) is 9.59 Å². The van der Waals surface area contributed by atoms with Gasteiger partial charge in [0, 0.05) is 5.70 Å². The molecular weight excluding hydrogens is 492 g/mol. The van der Waals surface area contributed by atoms with Gasteiger partial charge in [-0.2, -0.15) is 5.10 Å². The van der Waals surface area contributed by atoms with Crippen LogP contribution >= 0.6 is 0 Å². The first-order chi connectivity index (χ1) is 18.3. The summed E-state index contributed by atoms with van der Waals surface area (Å²) < 4.78 is 16.3. The number of hydrogen-bond acceptors (Lipinski definition) is 9. The Labute approximate surface area is 220 Å². The number of methoxy groups -OCH3 is 1. The number of phenolic OH excluding ortho intramolecular Hbond substituents is 1. The van der Waals surface area contributed by atoms with Gasteiger partial charge in [-0.05, 0) is 67.3 Å². The Hall–Kier alpha value is -4.51. The van der Waals surface area contributed by atoms with Gasteiger partial charge in [-0.15, -0.1) is 6.58 Å². The van der Waals surface area contributed by atoms with E-state index in [4.69, 9.17) is 14.2 Å². The molecule has 0 unspecified atom stereocenters. The second kappa shape index (κ2) is 13.2. The van der Waals surface area contributed by atoms with Crippen LogP contribution in [0.25, 0.3) is 0 Å². The highest BCUT2D eigenvalue weighted by molar-refractivity contribution is 5.95. The van der Waals surface area contributed by atoms with Gasteiger partial charge in [-0.3, -0.25) is 5.43 Å². The third-order valence-corrected chi connectivity index (χ3v) is 5.58. The fourth-order valence-electron chi connectivity index (χ4n) is 3.82. The fourth-order valence-corrected chi connectivity index (χ4v) is 3.82. The molecule has 0 saturated carbocycles. The summed E-state index contributed by atoms with van der Waals surface area (Å²) in [7, 11) is 1.27. The molecular formula is C27H32N4O7. The molecule has 1 aliphatic rings. The number of urea groups is 1. The number of hydrazone groups is 1. The Balaban J connectivity index is 1.69. The number of aromatic hydroxyl groups is 1. The van der Waals surface area contributed by atoms with E-state index >= 15 is 0 Å². The quantitative estimate of drug-likeness (QED) is 0.0935. The number of hydrogen-bond donors (Lipinski definition) is 5. The second-order valence-electron chi connectivity index (χ2n) is 8.30. The zero-order valence-corrected chi connectivity index (χ0v) is 21.5. The molecule has 3 rings (SSSR count). The molecule has 0 aromatic heterocycles. The lowest BCUT2D eigenvalue weighted by molar-refractivity contribution is -0.136. The van der Waals surface area contributed by atoms with E-state index < -0.39 is 24.3 Å². The maximum Gasteiger partial charge on any atom is 0.337 e. The number of ether oxygens (including phenoxy) is 3. The standard InChI is InChI=1S/C27H32N4O7/c1-5-7-18-12-17(8-10-20(18)32)14-28-31-23(33)15-38-21-11-9-19(13-22(21)37-6-2)25-24(26(34)36-4)16(3)29-27(35)30-25/h5,8-14,23,25,31-33H,1,6-7,15H2,2-4H3,(H2,29,30,35)/b28-14-/t23-,25+/m0/s1. The summed E-state index contributed by atoms with van der Waals surface area (Å²) in [5.74, 6) is 0.329. The predicted octanol–water partition coefficient (Wildman–Crippen LogP) is 2.64. The molecule has 0 saturated heterocycles. The monoisotopic (exact) mass is 524 g/mol. The molecule has 0 spiro atoms. The summed E-state index contributed by atoms with van der Waals surface area (Å²) in [5.41, 5.74) is 5.28. The number of benzene rings is 2. The highest BCUT2D eigenvalue weighted by atomic mass is 16.5. The van der Waals surface area contributed by atoms with Crippen LogP contribution in [0.4, 0.5) is 4.79 Å². The highest BCUT2D eigenvalue weighted by Gasteiger charge is 2.32. The molecule has 0 aliphatic carbocycles. The van der Waals surface area contributed by atoms with Gasteiger partial charge in [0.15, 0.2) is 17.7 Å². The minimum absolute atomic E-state index is 0.148. The van der Waals surface area contributed by atoms with E-state index in [-0.39, 0.29) is 17.9 Å². The lowest BCUT2D eigenvalue weighted by atomic mass is 9.95. The van der Waals surface area contributed by atoms with E-state index in [1.807, 2.05) is 6.92 Å². The summed E-state index contributed by atoms with van der Waals surface area (Å²) in [6.45, 7) is 7.29. The molecule has 2 aromatic rings. The van der Waals surface area contributed by atoms with Crippen molar-refractivity contribution < 1.29 is 34.0 Å². The molecule has 2 amide bonds. The van der Waals surface area contributed by atoms with Crippen molar-refractivity contribution in [2.45, 2.75) is 32.5 Å². The molecule has 0 radical (unpaired) electrons.